The molecule has 0 radical (unpaired) electrons. The highest BCUT2D eigenvalue weighted by molar-refractivity contribution is 5.76. The van der Waals surface area contributed by atoms with E-state index in [1.54, 1.807) is 0 Å². The molecule has 3 aromatic rings. The molecule has 2 aliphatic rings. The molecule has 0 aromatic carbocycles. The lowest BCUT2D eigenvalue weighted by atomic mass is 9.96. The third-order valence-corrected chi connectivity index (χ3v) is 6.02. The number of nitrogens with zero attached hydrogens (tertiary/aromatic N) is 6. The highest BCUT2D eigenvalue weighted by Crippen LogP contribution is 2.29. The van der Waals surface area contributed by atoms with E-state index in [0.29, 0.717) is 13.1 Å². The van der Waals surface area contributed by atoms with Crippen LogP contribution in [-0.4, -0.2) is 61.4 Å². The summed E-state index contributed by atoms with van der Waals surface area (Å²) in [4.78, 5) is 29.2. The second-order valence-corrected chi connectivity index (χ2v) is 7.83. The van der Waals surface area contributed by atoms with Crippen molar-refractivity contribution in [1.29, 1.82) is 5.26 Å². The largest absolute Gasteiger partial charge is 0.345 e. The van der Waals surface area contributed by atoms with Crippen LogP contribution < -0.4 is 0 Å². The molecule has 0 aliphatic carbocycles. The maximum Gasteiger partial charge on any atom is 0.320 e. The van der Waals surface area contributed by atoms with Crippen LogP contribution in [-0.2, 0) is 0 Å². The van der Waals surface area contributed by atoms with Gasteiger partial charge in [-0.05, 0) is 31.7 Å². The Kier molecular flexibility index (Phi) is 4.15. The van der Waals surface area contributed by atoms with E-state index >= 15 is 0 Å². The van der Waals surface area contributed by atoms with Gasteiger partial charge in [-0.1, -0.05) is 0 Å². The van der Waals surface area contributed by atoms with Gasteiger partial charge in [0.05, 0.1) is 35.4 Å². The Balaban J connectivity index is 1.40. The number of hydrogen-bond acceptors (Lipinski definition) is 4. The quantitative estimate of drug-likeness (QED) is 0.706. The maximum absolute atomic E-state index is 13.1. The van der Waals surface area contributed by atoms with Gasteiger partial charge >= 0.3 is 6.03 Å². The van der Waals surface area contributed by atoms with Crippen molar-refractivity contribution >= 4 is 22.7 Å². The molecule has 28 heavy (non-hydrogen) atoms. The molecular weight excluding hydrogens is 354 g/mol. The predicted octanol–water partition coefficient (Wildman–Crippen LogP) is 2.75. The Morgan fingerprint density at radius 2 is 1.93 bits per heavy atom. The first kappa shape index (κ1) is 17.0. The number of likely N-dealkylation sites (tertiary alicyclic amines) is 2. The smallest absolute Gasteiger partial charge is 0.320 e. The fourth-order valence-electron chi connectivity index (χ4n) is 4.61. The summed E-state index contributed by atoms with van der Waals surface area (Å²) in [5, 5.41) is 9.22. The first-order chi connectivity index (χ1) is 13.7. The van der Waals surface area contributed by atoms with Crippen molar-refractivity contribution in [3.05, 3.63) is 30.5 Å². The molecule has 0 unspecified atom stereocenters. The Morgan fingerprint density at radius 3 is 2.79 bits per heavy atom. The molecular formula is C20H23N7O. The monoisotopic (exact) mass is 377 g/mol. The highest BCUT2D eigenvalue weighted by atomic mass is 16.2. The molecule has 0 spiro atoms. The molecule has 1 N–H and O–H groups in total. The number of piperidine rings is 2. The number of nitriles is 1. The Labute approximate surface area is 162 Å². The topological polar surface area (TPSA) is 93.3 Å². The number of fused-ring (bicyclic) bond motifs is 3. The van der Waals surface area contributed by atoms with Crippen LogP contribution in [0.15, 0.2) is 24.7 Å². The number of nitrogens with one attached hydrogen (secondary N) is 1. The zero-order chi connectivity index (χ0) is 19.1. The molecule has 0 saturated carbocycles. The number of aromatic nitrogens is 4. The standard InChI is InChI=1S/C20H23N7O/c21-9-14-3-1-7-25(12-14)20(28)26-8-2-4-15(13-26)19-24-11-16-10-23-18-17(27(16)19)5-6-22-18/h5-6,10-11,14-15,22H,1-4,7-8,12-13H2/t14-,15-/m1/s1. The van der Waals surface area contributed by atoms with Crippen LogP contribution in [0.4, 0.5) is 4.79 Å². The number of rotatable bonds is 1. The second-order valence-electron chi connectivity index (χ2n) is 7.83. The molecule has 5 heterocycles. The highest BCUT2D eigenvalue weighted by Gasteiger charge is 2.32. The molecule has 8 heteroatoms. The van der Waals surface area contributed by atoms with E-state index in [4.69, 9.17) is 4.98 Å². The van der Waals surface area contributed by atoms with Crippen LogP contribution in [0.2, 0.25) is 0 Å². The summed E-state index contributed by atoms with van der Waals surface area (Å²) < 4.78 is 2.16. The molecule has 8 nitrogen and oxygen atoms in total. The van der Waals surface area contributed by atoms with Gasteiger partial charge in [0, 0.05) is 38.3 Å². The first-order valence-electron chi connectivity index (χ1n) is 9.97. The zero-order valence-corrected chi connectivity index (χ0v) is 15.7. The summed E-state index contributed by atoms with van der Waals surface area (Å²) in [6.07, 6.45) is 9.35. The third-order valence-electron chi connectivity index (χ3n) is 6.02. The lowest BCUT2D eigenvalue weighted by Gasteiger charge is -2.38. The van der Waals surface area contributed by atoms with Gasteiger partial charge in [-0.25, -0.2) is 14.8 Å². The maximum atomic E-state index is 13.1. The number of carbonyl (C=O) groups is 1. The number of urea groups is 1. The molecule has 144 valence electrons. The van der Waals surface area contributed by atoms with Crippen LogP contribution in [0.5, 0.6) is 0 Å². The lowest BCUT2D eigenvalue weighted by Crippen LogP contribution is -2.50. The zero-order valence-electron chi connectivity index (χ0n) is 15.7. The van der Waals surface area contributed by atoms with Crippen molar-refractivity contribution in [2.45, 2.75) is 31.6 Å². The van der Waals surface area contributed by atoms with E-state index in [2.05, 4.69) is 20.4 Å². The van der Waals surface area contributed by atoms with E-state index in [1.165, 1.54) is 0 Å². The predicted molar refractivity (Wildman–Crippen MR) is 104 cm³/mol. The first-order valence-corrected chi connectivity index (χ1v) is 9.97. The lowest BCUT2D eigenvalue weighted by molar-refractivity contribution is 0.123. The van der Waals surface area contributed by atoms with Gasteiger partial charge in [0.15, 0.2) is 5.65 Å². The minimum atomic E-state index is -0.0381. The Bertz CT molecular complexity index is 1060. The van der Waals surface area contributed by atoms with Crippen molar-refractivity contribution in [2.24, 2.45) is 5.92 Å². The summed E-state index contributed by atoms with van der Waals surface area (Å²) in [6, 6.07) is 4.41. The molecule has 0 bridgehead atoms. The minimum Gasteiger partial charge on any atom is -0.345 e. The summed E-state index contributed by atoms with van der Waals surface area (Å²) in [5.41, 5.74) is 2.83. The average molecular weight is 377 g/mol. The van der Waals surface area contributed by atoms with E-state index in [0.717, 1.165) is 61.3 Å². The average Bonchev–Trinajstić information content (AvgIpc) is 3.39. The van der Waals surface area contributed by atoms with Gasteiger partial charge in [0.25, 0.3) is 0 Å². The number of imidazole rings is 1. The van der Waals surface area contributed by atoms with E-state index < -0.39 is 0 Å². The molecule has 2 saturated heterocycles. The molecule has 2 amide bonds. The number of hydrogen-bond donors (Lipinski definition) is 1. The van der Waals surface area contributed by atoms with Crippen LogP contribution in [0.25, 0.3) is 16.7 Å². The summed E-state index contributed by atoms with van der Waals surface area (Å²) in [5.74, 6) is 1.15. The van der Waals surface area contributed by atoms with Crippen molar-refractivity contribution in [1.82, 2.24) is 29.2 Å². The van der Waals surface area contributed by atoms with Crippen LogP contribution >= 0.6 is 0 Å². The van der Waals surface area contributed by atoms with E-state index in [9.17, 15) is 10.1 Å². The number of amides is 2. The van der Waals surface area contributed by atoms with Gasteiger partial charge in [-0.3, -0.25) is 4.40 Å². The third kappa shape index (κ3) is 2.78. The van der Waals surface area contributed by atoms with Crippen molar-refractivity contribution in [3.8, 4) is 6.07 Å². The summed E-state index contributed by atoms with van der Waals surface area (Å²) >= 11 is 0. The molecule has 3 aromatic heterocycles. The molecule has 2 aliphatic heterocycles. The Morgan fingerprint density at radius 1 is 1.14 bits per heavy atom. The van der Waals surface area contributed by atoms with Gasteiger partial charge in [-0.2, -0.15) is 5.26 Å². The number of H-pyrrole nitrogens is 1. The van der Waals surface area contributed by atoms with Crippen molar-refractivity contribution in [3.63, 3.8) is 0 Å². The second kappa shape index (κ2) is 6.82. The minimum absolute atomic E-state index is 0.0381. The van der Waals surface area contributed by atoms with Crippen molar-refractivity contribution < 1.29 is 4.79 Å². The van der Waals surface area contributed by atoms with Crippen molar-refractivity contribution in [2.75, 3.05) is 26.2 Å². The van der Waals surface area contributed by atoms with E-state index in [1.807, 2.05) is 34.5 Å². The van der Waals surface area contributed by atoms with Crippen LogP contribution in [0, 0.1) is 17.2 Å². The van der Waals surface area contributed by atoms with Gasteiger partial charge < -0.3 is 14.8 Å². The fourth-order valence-corrected chi connectivity index (χ4v) is 4.61. The van der Waals surface area contributed by atoms with E-state index in [-0.39, 0.29) is 17.9 Å². The Hall–Kier alpha value is -3.08. The fraction of sp³-hybridized carbons (Fsp3) is 0.500. The summed E-state index contributed by atoms with van der Waals surface area (Å²) in [7, 11) is 0. The van der Waals surface area contributed by atoms with Gasteiger partial charge in [-0.15, -0.1) is 0 Å². The molecule has 2 fully saturated rings. The normalized spacial score (nSPS) is 23.2. The van der Waals surface area contributed by atoms with Gasteiger partial charge in [0.2, 0.25) is 0 Å². The molecule has 2 atom stereocenters. The number of aromatic amines is 1. The molecule has 5 rings (SSSR count). The number of carbonyl (C=O) groups excluding carboxylic acids is 1. The van der Waals surface area contributed by atoms with Gasteiger partial charge in [0.1, 0.15) is 5.82 Å². The summed E-state index contributed by atoms with van der Waals surface area (Å²) in [6.45, 7) is 2.74. The SMILES string of the molecule is N#C[C@H]1CCCN(C(=O)N2CCC[C@@H](c3ncc4cnc5[nH]ccc5n34)C2)C1. The van der Waals surface area contributed by atoms with Crippen LogP contribution in [0.3, 0.4) is 0 Å². The van der Waals surface area contributed by atoms with Crippen LogP contribution in [0.1, 0.15) is 37.4 Å².